The molecule has 106 valence electrons. The maximum Gasteiger partial charge on any atom is 0.226 e. The molecule has 2 aromatic rings. The fraction of sp³-hybridized carbons (Fsp3) is 0.333. The standard InChI is InChI=1S/C15H18BrN3O/c1-10-8-13(4-5-14(10)16)17-15(20)9-12(3)19-7-6-11(2)18-19/h4-8,12H,9H2,1-3H3,(H,17,20)/t12-/m0/s1. The molecule has 2 rings (SSSR count). The monoisotopic (exact) mass is 335 g/mol. The van der Waals surface area contributed by atoms with Gasteiger partial charge in [0.05, 0.1) is 11.7 Å². The number of benzene rings is 1. The number of nitrogens with one attached hydrogen (secondary N) is 1. The summed E-state index contributed by atoms with van der Waals surface area (Å²) in [7, 11) is 0. The van der Waals surface area contributed by atoms with Crippen LogP contribution in [0, 0.1) is 13.8 Å². The van der Waals surface area contributed by atoms with Gasteiger partial charge < -0.3 is 5.32 Å². The largest absolute Gasteiger partial charge is 0.326 e. The molecule has 20 heavy (non-hydrogen) atoms. The van der Waals surface area contributed by atoms with Crippen LogP contribution in [0.25, 0.3) is 0 Å². The predicted octanol–water partition coefficient (Wildman–Crippen LogP) is 3.85. The molecule has 0 saturated heterocycles. The van der Waals surface area contributed by atoms with Crippen LogP contribution in [0.4, 0.5) is 5.69 Å². The van der Waals surface area contributed by atoms with Crippen LogP contribution in [0.1, 0.15) is 30.6 Å². The number of hydrogen-bond acceptors (Lipinski definition) is 2. The minimum Gasteiger partial charge on any atom is -0.326 e. The molecule has 1 N–H and O–H groups in total. The van der Waals surface area contributed by atoms with Crippen LogP contribution in [-0.2, 0) is 4.79 Å². The molecule has 0 aliphatic carbocycles. The summed E-state index contributed by atoms with van der Waals surface area (Å²) in [5.74, 6) is -0.00706. The van der Waals surface area contributed by atoms with Crippen molar-refractivity contribution in [2.24, 2.45) is 0 Å². The van der Waals surface area contributed by atoms with Crippen molar-refractivity contribution in [2.75, 3.05) is 5.32 Å². The third-order valence-corrected chi connectivity index (χ3v) is 4.01. The molecule has 1 amide bonds. The summed E-state index contributed by atoms with van der Waals surface area (Å²) < 4.78 is 2.86. The van der Waals surface area contributed by atoms with E-state index in [-0.39, 0.29) is 11.9 Å². The van der Waals surface area contributed by atoms with E-state index in [4.69, 9.17) is 0 Å². The Morgan fingerprint density at radius 3 is 2.75 bits per heavy atom. The second kappa shape index (κ2) is 6.22. The summed E-state index contributed by atoms with van der Waals surface area (Å²) in [4.78, 5) is 12.0. The number of carbonyl (C=O) groups is 1. The molecule has 0 saturated carbocycles. The summed E-state index contributed by atoms with van der Waals surface area (Å²) in [6, 6.07) is 7.75. The van der Waals surface area contributed by atoms with E-state index < -0.39 is 0 Å². The fourth-order valence-corrected chi connectivity index (χ4v) is 2.22. The molecule has 0 aliphatic rings. The van der Waals surface area contributed by atoms with Crippen LogP contribution in [-0.4, -0.2) is 15.7 Å². The van der Waals surface area contributed by atoms with Crippen LogP contribution < -0.4 is 5.32 Å². The average molecular weight is 336 g/mol. The van der Waals surface area contributed by atoms with Crippen LogP contribution in [0.5, 0.6) is 0 Å². The van der Waals surface area contributed by atoms with Gasteiger partial charge in [0.2, 0.25) is 5.91 Å². The molecule has 4 nitrogen and oxygen atoms in total. The van der Waals surface area contributed by atoms with Crippen LogP contribution in [0.15, 0.2) is 34.9 Å². The summed E-state index contributed by atoms with van der Waals surface area (Å²) >= 11 is 3.44. The zero-order valence-electron chi connectivity index (χ0n) is 11.9. The third-order valence-electron chi connectivity index (χ3n) is 3.12. The number of aromatic nitrogens is 2. The predicted molar refractivity (Wildman–Crippen MR) is 83.8 cm³/mol. The molecule has 5 heteroatoms. The fourth-order valence-electron chi connectivity index (χ4n) is 1.97. The van der Waals surface area contributed by atoms with E-state index >= 15 is 0 Å². The van der Waals surface area contributed by atoms with Crippen molar-refractivity contribution in [2.45, 2.75) is 33.2 Å². The average Bonchev–Trinajstić information content (AvgIpc) is 2.80. The SMILES string of the molecule is Cc1ccn([C@@H](C)CC(=O)Nc2ccc(Br)c(C)c2)n1. The Kier molecular flexibility index (Phi) is 4.60. The van der Waals surface area contributed by atoms with Crippen molar-refractivity contribution >= 4 is 27.5 Å². The summed E-state index contributed by atoms with van der Waals surface area (Å²) in [6.07, 6.45) is 2.30. The second-order valence-electron chi connectivity index (χ2n) is 5.00. The summed E-state index contributed by atoms with van der Waals surface area (Å²) in [5.41, 5.74) is 2.87. The number of halogens is 1. The van der Waals surface area contributed by atoms with Gasteiger partial charge in [0.25, 0.3) is 0 Å². The smallest absolute Gasteiger partial charge is 0.226 e. The maximum atomic E-state index is 12.0. The van der Waals surface area contributed by atoms with Crippen molar-refractivity contribution in [3.8, 4) is 0 Å². The van der Waals surface area contributed by atoms with E-state index in [0.717, 1.165) is 21.4 Å². The van der Waals surface area contributed by atoms with E-state index in [1.165, 1.54) is 0 Å². The Bertz CT molecular complexity index is 621. The molecular weight excluding hydrogens is 318 g/mol. The molecule has 1 heterocycles. The van der Waals surface area contributed by atoms with E-state index in [9.17, 15) is 4.79 Å². The lowest BCUT2D eigenvalue weighted by atomic mass is 10.2. The van der Waals surface area contributed by atoms with Crippen molar-refractivity contribution in [3.05, 3.63) is 46.2 Å². The number of anilines is 1. The van der Waals surface area contributed by atoms with Crippen LogP contribution in [0.3, 0.4) is 0 Å². The molecule has 1 aromatic heterocycles. The Hall–Kier alpha value is -1.62. The first kappa shape index (κ1) is 14.8. The zero-order chi connectivity index (χ0) is 14.7. The second-order valence-corrected chi connectivity index (χ2v) is 5.86. The number of hydrogen-bond donors (Lipinski definition) is 1. The Balaban J connectivity index is 1.96. The van der Waals surface area contributed by atoms with Gasteiger partial charge in [0.1, 0.15) is 0 Å². The van der Waals surface area contributed by atoms with Gasteiger partial charge in [-0.25, -0.2) is 0 Å². The molecule has 1 aromatic carbocycles. The number of rotatable bonds is 4. The van der Waals surface area contributed by atoms with Gasteiger partial charge in [0, 0.05) is 22.8 Å². The Morgan fingerprint density at radius 1 is 1.40 bits per heavy atom. The minimum atomic E-state index is -0.00706. The van der Waals surface area contributed by atoms with E-state index in [2.05, 4.69) is 26.3 Å². The lowest BCUT2D eigenvalue weighted by Crippen LogP contribution is -2.18. The molecule has 0 unspecified atom stereocenters. The molecule has 1 atom stereocenters. The quantitative estimate of drug-likeness (QED) is 0.922. The zero-order valence-corrected chi connectivity index (χ0v) is 13.4. The third kappa shape index (κ3) is 3.70. The van der Waals surface area contributed by atoms with Crippen molar-refractivity contribution < 1.29 is 4.79 Å². The van der Waals surface area contributed by atoms with Gasteiger partial charge in [-0.2, -0.15) is 5.10 Å². The molecule has 0 fully saturated rings. The van der Waals surface area contributed by atoms with Crippen molar-refractivity contribution in [3.63, 3.8) is 0 Å². The highest BCUT2D eigenvalue weighted by atomic mass is 79.9. The van der Waals surface area contributed by atoms with E-state index in [1.807, 2.05) is 55.9 Å². The molecule has 0 spiro atoms. The van der Waals surface area contributed by atoms with Crippen LogP contribution in [0.2, 0.25) is 0 Å². The minimum absolute atomic E-state index is 0.00706. The molecular formula is C15H18BrN3O. The normalized spacial score (nSPS) is 12.2. The molecule has 0 aliphatic heterocycles. The maximum absolute atomic E-state index is 12.0. The highest BCUT2D eigenvalue weighted by Gasteiger charge is 2.12. The first-order valence-electron chi connectivity index (χ1n) is 6.53. The lowest BCUT2D eigenvalue weighted by molar-refractivity contribution is -0.116. The lowest BCUT2D eigenvalue weighted by Gasteiger charge is -2.13. The van der Waals surface area contributed by atoms with E-state index in [0.29, 0.717) is 6.42 Å². The van der Waals surface area contributed by atoms with Crippen molar-refractivity contribution in [1.29, 1.82) is 0 Å². The van der Waals surface area contributed by atoms with Gasteiger partial charge in [-0.1, -0.05) is 15.9 Å². The Labute approximate surface area is 127 Å². The molecule has 0 bridgehead atoms. The van der Waals surface area contributed by atoms with Gasteiger partial charge >= 0.3 is 0 Å². The van der Waals surface area contributed by atoms with Gasteiger partial charge in [-0.05, 0) is 50.6 Å². The first-order valence-corrected chi connectivity index (χ1v) is 7.33. The van der Waals surface area contributed by atoms with Gasteiger partial charge in [-0.15, -0.1) is 0 Å². The number of aryl methyl sites for hydroxylation is 2. The molecule has 0 radical (unpaired) electrons. The van der Waals surface area contributed by atoms with Crippen LogP contribution >= 0.6 is 15.9 Å². The topological polar surface area (TPSA) is 46.9 Å². The Morgan fingerprint density at radius 2 is 2.15 bits per heavy atom. The highest BCUT2D eigenvalue weighted by molar-refractivity contribution is 9.10. The number of carbonyl (C=O) groups excluding carboxylic acids is 1. The summed E-state index contributed by atoms with van der Waals surface area (Å²) in [5, 5.41) is 7.24. The van der Waals surface area contributed by atoms with E-state index in [1.54, 1.807) is 0 Å². The number of amides is 1. The van der Waals surface area contributed by atoms with Crippen molar-refractivity contribution in [1.82, 2.24) is 9.78 Å². The number of nitrogens with zero attached hydrogens (tertiary/aromatic N) is 2. The first-order chi connectivity index (χ1) is 9.45. The highest BCUT2D eigenvalue weighted by Crippen LogP contribution is 2.20. The summed E-state index contributed by atoms with van der Waals surface area (Å²) in [6.45, 7) is 5.92. The van der Waals surface area contributed by atoms with Gasteiger partial charge in [0.15, 0.2) is 0 Å². The van der Waals surface area contributed by atoms with Gasteiger partial charge in [-0.3, -0.25) is 9.48 Å².